The van der Waals surface area contributed by atoms with Gasteiger partial charge in [-0.2, -0.15) is 0 Å². The van der Waals surface area contributed by atoms with E-state index in [0.29, 0.717) is 0 Å². The van der Waals surface area contributed by atoms with Crippen LogP contribution in [0.3, 0.4) is 0 Å². The van der Waals surface area contributed by atoms with Crippen molar-refractivity contribution in [3.05, 3.63) is 23.8 Å². The number of benzene rings is 1. The van der Waals surface area contributed by atoms with Crippen molar-refractivity contribution in [3.63, 3.8) is 0 Å². The molecule has 0 radical (unpaired) electrons. The van der Waals surface area contributed by atoms with Crippen LogP contribution in [-0.2, 0) is 4.79 Å². The minimum absolute atomic E-state index is 0.0960. The Morgan fingerprint density at radius 3 is 2.68 bits per heavy atom. The molecule has 0 aliphatic carbocycles. The molecule has 1 saturated heterocycles. The van der Waals surface area contributed by atoms with Gasteiger partial charge in [0.2, 0.25) is 5.91 Å². The summed E-state index contributed by atoms with van der Waals surface area (Å²) in [6, 6.07) is 5.86. The molecule has 4 nitrogen and oxygen atoms in total. The summed E-state index contributed by atoms with van der Waals surface area (Å²) in [6.45, 7) is 6.87. The molecule has 1 aliphatic rings. The van der Waals surface area contributed by atoms with Crippen molar-refractivity contribution >= 4 is 11.6 Å². The van der Waals surface area contributed by atoms with E-state index in [1.807, 2.05) is 46.0 Å². The van der Waals surface area contributed by atoms with Crippen molar-refractivity contribution in [2.75, 3.05) is 18.9 Å². The molecule has 1 aromatic rings. The molecule has 0 bridgehead atoms. The Bertz CT molecular complexity index is 471. The Kier molecular flexibility index (Phi) is 3.98. The molecule has 2 rings (SSSR count). The molecular weight excluding hydrogens is 240 g/mol. The third kappa shape index (κ3) is 3.19. The molecule has 1 aromatic carbocycles. The third-order valence-electron chi connectivity index (χ3n) is 3.31. The Balaban J connectivity index is 2.06. The molecule has 19 heavy (non-hydrogen) atoms. The van der Waals surface area contributed by atoms with Gasteiger partial charge in [-0.15, -0.1) is 0 Å². The third-order valence-corrected chi connectivity index (χ3v) is 3.31. The standard InChI is InChI=1S/C15H22N2O2/c1-10(2)19-14-6-5-12(9-11(14)3)16-13-7-8-17(4)15(13)18/h5-6,9-10,13,16H,7-8H2,1-4H3/t13-/m0/s1. The Labute approximate surface area is 114 Å². The van der Waals surface area contributed by atoms with Gasteiger partial charge in [0.1, 0.15) is 11.8 Å². The van der Waals surface area contributed by atoms with Crippen LogP contribution < -0.4 is 10.1 Å². The highest BCUT2D eigenvalue weighted by molar-refractivity contribution is 5.86. The van der Waals surface area contributed by atoms with Crippen LogP contribution in [0.15, 0.2) is 18.2 Å². The number of anilines is 1. The molecule has 0 saturated carbocycles. The fourth-order valence-corrected chi connectivity index (χ4v) is 2.28. The van der Waals surface area contributed by atoms with Gasteiger partial charge in [0, 0.05) is 19.3 Å². The average Bonchev–Trinajstić information content (AvgIpc) is 2.64. The first-order valence-corrected chi connectivity index (χ1v) is 6.76. The number of nitrogens with zero attached hydrogens (tertiary/aromatic N) is 1. The number of rotatable bonds is 4. The summed E-state index contributed by atoms with van der Waals surface area (Å²) in [5, 5.41) is 3.30. The lowest BCUT2D eigenvalue weighted by Crippen LogP contribution is -2.30. The maximum Gasteiger partial charge on any atom is 0.244 e. The number of likely N-dealkylation sites (N-methyl/N-ethyl adjacent to an activating group) is 1. The van der Waals surface area contributed by atoms with Gasteiger partial charge in [-0.1, -0.05) is 0 Å². The Morgan fingerprint density at radius 2 is 2.16 bits per heavy atom. The monoisotopic (exact) mass is 262 g/mol. The van der Waals surface area contributed by atoms with Crippen LogP contribution in [0, 0.1) is 6.92 Å². The molecule has 4 heteroatoms. The number of carbonyl (C=O) groups excluding carboxylic acids is 1. The number of ether oxygens (including phenoxy) is 1. The van der Waals surface area contributed by atoms with Crippen LogP contribution >= 0.6 is 0 Å². The molecule has 1 N–H and O–H groups in total. The zero-order valence-electron chi connectivity index (χ0n) is 12.1. The lowest BCUT2D eigenvalue weighted by Gasteiger charge is -2.16. The number of amides is 1. The van der Waals surface area contributed by atoms with Crippen LogP contribution in [-0.4, -0.2) is 36.5 Å². The lowest BCUT2D eigenvalue weighted by atomic mass is 10.1. The minimum atomic E-state index is -0.0960. The van der Waals surface area contributed by atoms with Crippen LogP contribution in [0.5, 0.6) is 5.75 Å². The number of hydrogen-bond acceptors (Lipinski definition) is 3. The number of hydrogen-bond donors (Lipinski definition) is 1. The maximum atomic E-state index is 11.8. The largest absolute Gasteiger partial charge is 0.491 e. The summed E-state index contributed by atoms with van der Waals surface area (Å²) in [5.41, 5.74) is 2.06. The molecule has 1 aliphatic heterocycles. The van der Waals surface area contributed by atoms with E-state index in [9.17, 15) is 4.79 Å². The molecular formula is C15H22N2O2. The number of nitrogens with one attached hydrogen (secondary N) is 1. The minimum Gasteiger partial charge on any atom is -0.491 e. The van der Waals surface area contributed by atoms with Crippen molar-refractivity contribution in [3.8, 4) is 5.75 Å². The fourth-order valence-electron chi connectivity index (χ4n) is 2.28. The van der Waals surface area contributed by atoms with E-state index in [-0.39, 0.29) is 18.1 Å². The van der Waals surface area contributed by atoms with Gasteiger partial charge in [0.15, 0.2) is 0 Å². The van der Waals surface area contributed by atoms with Crippen molar-refractivity contribution in [1.82, 2.24) is 4.90 Å². The molecule has 104 valence electrons. The van der Waals surface area contributed by atoms with E-state index < -0.39 is 0 Å². The molecule has 1 heterocycles. The van der Waals surface area contributed by atoms with E-state index in [2.05, 4.69) is 5.32 Å². The molecule has 0 aromatic heterocycles. The molecule has 0 unspecified atom stereocenters. The average molecular weight is 262 g/mol. The highest BCUT2D eigenvalue weighted by Crippen LogP contribution is 2.24. The quantitative estimate of drug-likeness (QED) is 0.906. The molecule has 1 fully saturated rings. The summed E-state index contributed by atoms with van der Waals surface area (Å²) >= 11 is 0. The highest BCUT2D eigenvalue weighted by atomic mass is 16.5. The molecule has 0 spiro atoms. The zero-order valence-corrected chi connectivity index (χ0v) is 12.1. The number of carbonyl (C=O) groups is 1. The highest BCUT2D eigenvalue weighted by Gasteiger charge is 2.28. The van der Waals surface area contributed by atoms with E-state index >= 15 is 0 Å². The smallest absolute Gasteiger partial charge is 0.244 e. The van der Waals surface area contributed by atoms with Gasteiger partial charge in [0.25, 0.3) is 0 Å². The summed E-state index contributed by atoms with van der Waals surface area (Å²) in [7, 11) is 1.84. The van der Waals surface area contributed by atoms with Gasteiger partial charge >= 0.3 is 0 Å². The van der Waals surface area contributed by atoms with Crippen molar-refractivity contribution in [1.29, 1.82) is 0 Å². The first-order valence-electron chi connectivity index (χ1n) is 6.76. The summed E-state index contributed by atoms with van der Waals surface area (Å²) < 4.78 is 5.71. The first-order chi connectivity index (χ1) is 8.97. The first kappa shape index (κ1) is 13.7. The normalized spacial score (nSPS) is 19.1. The van der Waals surface area contributed by atoms with Gasteiger partial charge in [-0.3, -0.25) is 4.79 Å². The second-order valence-electron chi connectivity index (χ2n) is 5.39. The number of likely N-dealkylation sites (tertiary alicyclic amines) is 1. The predicted octanol–water partition coefficient (Wildman–Crippen LogP) is 2.42. The summed E-state index contributed by atoms with van der Waals surface area (Å²) in [5.74, 6) is 1.07. The van der Waals surface area contributed by atoms with Gasteiger partial charge < -0.3 is 15.0 Å². The maximum absolute atomic E-state index is 11.8. The zero-order chi connectivity index (χ0) is 14.0. The van der Waals surface area contributed by atoms with E-state index in [0.717, 1.165) is 30.0 Å². The van der Waals surface area contributed by atoms with Crippen molar-refractivity contribution < 1.29 is 9.53 Å². The lowest BCUT2D eigenvalue weighted by molar-refractivity contribution is -0.127. The molecule has 1 amide bonds. The van der Waals surface area contributed by atoms with Gasteiger partial charge in [-0.25, -0.2) is 0 Å². The predicted molar refractivity (Wildman–Crippen MR) is 76.6 cm³/mol. The Hall–Kier alpha value is -1.71. The molecule has 1 atom stereocenters. The van der Waals surface area contributed by atoms with Gasteiger partial charge in [0.05, 0.1) is 6.10 Å². The summed E-state index contributed by atoms with van der Waals surface area (Å²) in [6.07, 6.45) is 1.03. The van der Waals surface area contributed by atoms with E-state index in [1.165, 1.54) is 0 Å². The van der Waals surface area contributed by atoms with Crippen LogP contribution in [0.2, 0.25) is 0 Å². The Morgan fingerprint density at radius 1 is 1.42 bits per heavy atom. The second-order valence-corrected chi connectivity index (χ2v) is 5.39. The van der Waals surface area contributed by atoms with Crippen molar-refractivity contribution in [2.45, 2.75) is 39.3 Å². The fraction of sp³-hybridized carbons (Fsp3) is 0.533. The van der Waals surface area contributed by atoms with Crippen LogP contribution in [0.4, 0.5) is 5.69 Å². The topological polar surface area (TPSA) is 41.6 Å². The van der Waals surface area contributed by atoms with Crippen LogP contribution in [0.1, 0.15) is 25.8 Å². The van der Waals surface area contributed by atoms with Crippen molar-refractivity contribution in [2.24, 2.45) is 0 Å². The van der Waals surface area contributed by atoms with E-state index in [4.69, 9.17) is 4.74 Å². The SMILES string of the molecule is Cc1cc(N[C@H]2CCN(C)C2=O)ccc1OC(C)C. The summed E-state index contributed by atoms with van der Waals surface area (Å²) in [4.78, 5) is 13.6. The van der Waals surface area contributed by atoms with Gasteiger partial charge in [-0.05, 0) is 51.0 Å². The number of aryl methyl sites for hydroxylation is 1. The van der Waals surface area contributed by atoms with Crippen LogP contribution in [0.25, 0.3) is 0 Å². The van der Waals surface area contributed by atoms with E-state index in [1.54, 1.807) is 4.90 Å². The second kappa shape index (κ2) is 5.51.